The molecule has 74 valence electrons. The van der Waals surface area contributed by atoms with Gasteiger partial charge >= 0.3 is 0 Å². The lowest BCUT2D eigenvalue weighted by molar-refractivity contribution is -0.117. The van der Waals surface area contributed by atoms with Crippen LogP contribution in [0, 0.1) is 5.92 Å². The van der Waals surface area contributed by atoms with E-state index >= 15 is 0 Å². The second-order valence-corrected chi connectivity index (χ2v) is 3.90. The van der Waals surface area contributed by atoms with E-state index in [0.29, 0.717) is 5.92 Å². The fourth-order valence-electron chi connectivity index (χ4n) is 1.63. The average Bonchev–Trinajstić information content (AvgIpc) is 2.16. The van der Waals surface area contributed by atoms with Gasteiger partial charge in [0.15, 0.2) is 0 Å². The van der Waals surface area contributed by atoms with E-state index in [1.807, 2.05) is 38.1 Å². The monoisotopic (exact) mass is 190 g/mol. The minimum Gasteiger partial charge on any atom is -0.372 e. The quantitative estimate of drug-likeness (QED) is 0.711. The molecule has 1 atom stereocenters. The molecule has 0 radical (unpaired) electrons. The van der Waals surface area contributed by atoms with Gasteiger partial charge in [-0.25, -0.2) is 0 Å². The molecule has 0 spiro atoms. The second kappa shape index (κ2) is 3.33. The molecule has 1 aromatic rings. The molecule has 1 amide bonds. The first-order chi connectivity index (χ1) is 6.68. The maximum absolute atomic E-state index is 11.6. The number of para-hydroxylation sites is 2. The molecule has 0 fully saturated rings. The van der Waals surface area contributed by atoms with Gasteiger partial charge in [0.25, 0.3) is 0 Å². The van der Waals surface area contributed by atoms with Gasteiger partial charge < -0.3 is 10.6 Å². The van der Waals surface area contributed by atoms with Crippen LogP contribution >= 0.6 is 0 Å². The summed E-state index contributed by atoms with van der Waals surface area (Å²) in [7, 11) is 0. The van der Waals surface area contributed by atoms with Gasteiger partial charge in [-0.15, -0.1) is 0 Å². The van der Waals surface area contributed by atoms with Crippen molar-refractivity contribution in [1.82, 2.24) is 0 Å². The van der Waals surface area contributed by atoms with Crippen molar-refractivity contribution in [2.24, 2.45) is 5.92 Å². The number of rotatable bonds is 1. The molecular weight excluding hydrogens is 176 g/mol. The Hall–Kier alpha value is -1.51. The highest BCUT2D eigenvalue weighted by molar-refractivity contribution is 6.03. The van der Waals surface area contributed by atoms with Gasteiger partial charge in [-0.3, -0.25) is 4.79 Å². The first-order valence-corrected chi connectivity index (χ1v) is 4.85. The van der Waals surface area contributed by atoms with Crippen LogP contribution in [0.3, 0.4) is 0 Å². The molecule has 2 N–H and O–H groups in total. The second-order valence-electron chi connectivity index (χ2n) is 3.90. The maximum atomic E-state index is 11.6. The Balaban J connectivity index is 2.31. The third-order valence-electron chi connectivity index (χ3n) is 2.45. The normalized spacial score (nSPS) is 19.9. The molecule has 1 aliphatic heterocycles. The number of hydrogen-bond acceptors (Lipinski definition) is 2. The van der Waals surface area contributed by atoms with Crippen molar-refractivity contribution in [3.63, 3.8) is 0 Å². The lowest BCUT2D eigenvalue weighted by atomic mass is 10.0. The predicted octanol–water partition coefficient (Wildman–Crippen LogP) is 2.08. The van der Waals surface area contributed by atoms with E-state index in [1.54, 1.807) is 0 Å². The Morgan fingerprint density at radius 2 is 1.86 bits per heavy atom. The molecule has 0 bridgehead atoms. The number of anilines is 2. The summed E-state index contributed by atoms with van der Waals surface area (Å²) in [5.74, 6) is 0.349. The smallest absolute Gasteiger partial charge is 0.247 e. The van der Waals surface area contributed by atoms with E-state index in [0.717, 1.165) is 11.4 Å². The summed E-state index contributed by atoms with van der Waals surface area (Å²) in [6.45, 7) is 4.07. The van der Waals surface area contributed by atoms with Gasteiger partial charge in [-0.2, -0.15) is 0 Å². The minimum atomic E-state index is -0.120. The zero-order valence-corrected chi connectivity index (χ0v) is 8.37. The average molecular weight is 190 g/mol. The van der Waals surface area contributed by atoms with Crippen molar-refractivity contribution in [2.75, 3.05) is 10.6 Å². The Morgan fingerprint density at radius 1 is 1.21 bits per heavy atom. The topological polar surface area (TPSA) is 41.1 Å². The molecule has 2 rings (SSSR count). The van der Waals surface area contributed by atoms with Crippen molar-refractivity contribution in [2.45, 2.75) is 19.9 Å². The summed E-state index contributed by atoms with van der Waals surface area (Å²) in [6.07, 6.45) is 0. The van der Waals surface area contributed by atoms with E-state index in [9.17, 15) is 4.79 Å². The van der Waals surface area contributed by atoms with Crippen LogP contribution in [0.1, 0.15) is 13.8 Å². The Kier molecular flexibility index (Phi) is 2.15. The van der Waals surface area contributed by atoms with Crippen molar-refractivity contribution in [3.8, 4) is 0 Å². The van der Waals surface area contributed by atoms with Crippen LogP contribution in [-0.4, -0.2) is 11.9 Å². The van der Waals surface area contributed by atoms with Crippen molar-refractivity contribution < 1.29 is 4.79 Å². The van der Waals surface area contributed by atoms with Gasteiger partial charge in [0.05, 0.1) is 11.4 Å². The first-order valence-electron chi connectivity index (χ1n) is 4.85. The Labute approximate surface area is 83.5 Å². The minimum absolute atomic E-state index is 0.0544. The molecule has 3 heteroatoms. The molecule has 0 aromatic heterocycles. The lowest BCUT2D eigenvalue weighted by Gasteiger charge is -2.29. The summed E-state index contributed by atoms with van der Waals surface area (Å²) in [5.41, 5.74) is 1.88. The fraction of sp³-hybridized carbons (Fsp3) is 0.364. The lowest BCUT2D eigenvalue weighted by Crippen LogP contribution is -2.42. The summed E-state index contributed by atoms with van der Waals surface area (Å²) in [4.78, 5) is 11.6. The third-order valence-corrected chi connectivity index (χ3v) is 2.45. The van der Waals surface area contributed by atoms with Gasteiger partial charge in [0, 0.05) is 0 Å². The van der Waals surface area contributed by atoms with E-state index in [4.69, 9.17) is 0 Å². The summed E-state index contributed by atoms with van der Waals surface area (Å²) < 4.78 is 0. The largest absolute Gasteiger partial charge is 0.372 e. The van der Waals surface area contributed by atoms with Gasteiger partial charge in [0.2, 0.25) is 5.91 Å². The molecular formula is C11H14N2O. The van der Waals surface area contributed by atoms with E-state index in [1.165, 1.54) is 0 Å². The number of carbonyl (C=O) groups excluding carboxylic acids is 1. The molecule has 1 aromatic carbocycles. The van der Waals surface area contributed by atoms with Crippen LogP contribution in [0.2, 0.25) is 0 Å². The molecule has 3 nitrogen and oxygen atoms in total. The molecule has 0 unspecified atom stereocenters. The molecule has 0 saturated heterocycles. The first kappa shape index (κ1) is 9.06. The van der Waals surface area contributed by atoms with Gasteiger partial charge in [-0.05, 0) is 18.1 Å². The van der Waals surface area contributed by atoms with Crippen molar-refractivity contribution >= 4 is 17.3 Å². The molecule has 1 heterocycles. The standard InChI is InChI=1S/C11H14N2O/c1-7(2)10-11(14)13-9-6-4-3-5-8(9)12-10/h3-7,10,12H,1-2H3,(H,13,14)/t10-/m0/s1. The molecule has 0 aliphatic carbocycles. The fourth-order valence-corrected chi connectivity index (χ4v) is 1.63. The van der Waals surface area contributed by atoms with E-state index in [2.05, 4.69) is 10.6 Å². The van der Waals surface area contributed by atoms with Crippen LogP contribution in [0.25, 0.3) is 0 Å². The Morgan fingerprint density at radius 3 is 2.50 bits per heavy atom. The highest BCUT2D eigenvalue weighted by Crippen LogP contribution is 2.27. The van der Waals surface area contributed by atoms with Gasteiger partial charge in [0.1, 0.15) is 6.04 Å². The summed E-state index contributed by atoms with van der Waals surface area (Å²) in [6, 6.07) is 7.63. The number of benzene rings is 1. The van der Waals surface area contributed by atoms with E-state index < -0.39 is 0 Å². The maximum Gasteiger partial charge on any atom is 0.247 e. The number of hydrogen-bond donors (Lipinski definition) is 2. The number of carbonyl (C=O) groups is 1. The van der Waals surface area contributed by atoms with Crippen LogP contribution in [0.5, 0.6) is 0 Å². The summed E-state index contributed by atoms with van der Waals surface area (Å²) in [5, 5.41) is 6.12. The van der Waals surface area contributed by atoms with Crippen LogP contribution in [-0.2, 0) is 4.79 Å². The zero-order chi connectivity index (χ0) is 10.1. The van der Waals surface area contributed by atoms with Crippen molar-refractivity contribution in [3.05, 3.63) is 24.3 Å². The third kappa shape index (κ3) is 1.45. The number of amides is 1. The zero-order valence-electron chi connectivity index (χ0n) is 8.37. The van der Waals surface area contributed by atoms with Crippen LogP contribution in [0.15, 0.2) is 24.3 Å². The van der Waals surface area contributed by atoms with Gasteiger partial charge in [-0.1, -0.05) is 26.0 Å². The Bertz CT molecular complexity index is 360. The van der Waals surface area contributed by atoms with Crippen molar-refractivity contribution in [1.29, 1.82) is 0 Å². The highest BCUT2D eigenvalue weighted by atomic mass is 16.2. The van der Waals surface area contributed by atoms with E-state index in [-0.39, 0.29) is 11.9 Å². The van der Waals surface area contributed by atoms with Crippen LogP contribution in [0.4, 0.5) is 11.4 Å². The number of fused-ring (bicyclic) bond motifs is 1. The predicted molar refractivity (Wildman–Crippen MR) is 57.3 cm³/mol. The molecule has 0 saturated carbocycles. The SMILES string of the molecule is CC(C)[C@@H]1Nc2ccccc2NC1=O. The summed E-state index contributed by atoms with van der Waals surface area (Å²) >= 11 is 0. The molecule has 14 heavy (non-hydrogen) atoms. The number of nitrogens with one attached hydrogen (secondary N) is 2. The molecule has 1 aliphatic rings. The highest BCUT2D eigenvalue weighted by Gasteiger charge is 2.27. The van der Waals surface area contributed by atoms with Crippen LogP contribution < -0.4 is 10.6 Å².